The van der Waals surface area contributed by atoms with Crippen LogP contribution in [-0.2, 0) is 19.1 Å². The number of nitrogens with two attached hydrogens (primary N) is 1. The summed E-state index contributed by atoms with van der Waals surface area (Å²) in [7, 11) is 1.53. The molecule has 1 aliphatic heterocycles. The fourth-order valence-electron chi connectivity index (χ4n) is 2.05. The molecule has 1 atom stereocenters. The maximum absolute atomic E-state index is 11.9. The molecule has 1 saturated heterocycles. The fourth-order valence-corrected chi connectivity index (χ4v) is 2.05. The van der Waals surface area contributed by atoms with Crippen LogP contribution in [0.15, 0.2) is 0 Å². The van der Waals surface area contributed by atoms with Crippen molar-refractivity contribution in [3.63, 3.8) is 0 Å². The Kier molecular flexibility index (Phi) is 5.75. The number of hydrogen-bond acceptors (Lipinski definition) is 4. The van der Waals surface area contributed by atoms with Gasteiger partial charge in [-0.2, -0.15) is 0 Å². The molecule has 1 aliphatic rings. The Balaban J connectivity index is 2.72. The van der Waals surface area contributed by atoms with E-state index in [-0.39, 0.29) is 31.3 Å². The molecule has 0 saturated carbocycles. The van der Waals surface area contributed by atoms with E-state index in [1.807, 2.05) is 0 Å². The van der Waals surface area contributed by atoms with Crippen LogP contribution in [0.2, 0.25) is 0 Å². The van der Waals surface area contributed by atoms with Crippen LogP contribution >= 0.6 is 0 Å². The van der Waals surface area contributed by atoms with E-state index in [1.54, 1.807) is 9.80 Å². The Hall–Kier alpha value is -1.63. The molecule has 0 spiro atoms. The molecule has 1 rings (SSSR count). The van der Waals surface area contributed by atoms with Crippen molar-refractivity contribution in [1.29, 1.82) is 0 Å². The number of rotatable bonds is 4. The van der Waals surface area contributed by atoms with Gasteiger partial charge >= 0.3 is 0 Å². The van der Waals surface area contributed by atoms with E-state index in [0.29, 0.717) is 19.7 Å². The quantitative estimate of drug-likeness (QED) is 0.696. The van der Waals surface area contributed by atoms with E-state index in [2.05, 4.69) is 0 Å². The lowest BCUT2D eigenvalue weighted by atomic mass is 10.1. The topological polar surface area (TPSA) is 92.9 Å². The van der Waals surface area contributed by atoms with Gasteiger partial charge < -0.3 is 20.3 Å². The average molecular weight is 271 g/mol. The van der Waals surface area contributed by atoms with Gasteiger partial charge in [0.05, 0.1) is 18.9 Å². The molecule has 108 valence electrons. The first-order chi connectivity index (χ1) is 8.95. The van der Waals surface area contributed by atoms with E-state index >= 15 is 0 Å². The van der Waals surface area contributed by atoms with Crippen LogP contribution in [0.5, 0.6) is 0 Å². The van der Waals surface area contributed by atoms with Gasteiger partial charge in [0.25, 0.3) is 0 Å². The Morgan fingerprint density at radius 3 is 2.32 bits per heavy atom. The van der Waals surface area contributed by atoms with Crippen molar-refractivity contribution in [2.45, 2.75) is 13.3 Å². The molecule has 2 N–H and O–H groups in total. The predicted molar refractivity (Wildman–Crippen MR) is 68.0 cm³/mol. The molecule has 1 heterocycles. The van der Waals surface area contributed by atoms with Gasteiger partial charge in [-0.15, -0.1) is 0 Å². The van der Waals surface area contributed by atoms with Crippen molar-refractivity contribution in [3.05, 3.63) is 0 Å². The third-order valence-electron chi connectivity index (χ3n) is 3.24. The molecule has 7 heteroatoms. The van der Waals surface area contributed by atoms with Gasteiger partial charge in [0, 0.05) is 40.2 Å². The Morgan fingerprint density at radius 2 is 1.79 bits per heavy atom. The van der Waals surface area contributed by atoms with E-state index in [4.69, 9.17) is 10.5 Å². The molecule has 0 bridgehead atoms. The molecule has 0 unspecified atom stereocenters. The van der Waals surface area contributed by atoms with Crippen LogP contribution in [0.25, 0.3) is 0 Å². The second-order valence-electron chi connectivity index (χ2n) is 4.65. The average Bonchev–Trinajstić information content (AvgIpc) is 2.58. The van der Waals surface area contributed by atoms with Crippen molar-refractivity contribution in [3.8, 4) is 0 Å². The number of hydrogen-bond donors (Lipinski definition) is 1. The highest BCUT2D eigenvalue weighted by atomic mass is 16.5. The number of carbonyl (C=O) groups is 3. The summed E-state index contributed by atoms with van der Waals surface area (Å²) in [6, 6.07) is 0. The first-order valence-corrected chi connectivity index (χ1v) is 6.27. The zero-order chi connectivity index (χ0) is 14.4. The van der Waals surface area contributed by atoms with Crippen molar-refractivity contribution in [2.75, 3.05) is 39.9 Å². The van der Waals surface area contributed by atoms with E-state index in [0.717, 1.165) is 0 Å². The normalized spacial score (nSPS) is 20.0. The van der Waals surface area contributed by atoms with Crippen molar-refractivity contribution >= 4 is 17.7 Å². The zero-order valence-electron chi connectivity index (χ0n) is 11.4. The predicted octanol–water partition coefficient (Wildman–Crippen LogP) is -1.18. The summed E-state index contributed by atoms with van der Waals surface area (Å²) >= 11 is 0. The Labute approximate surface area is 112 Å². The summed E-state index contributed by atoms with van der Waals surface area (Å²) in [5, 5.41) is 0. The Morgan fingerprint density at radius 1 is 1.21 bits per heavy atom. The van der Waals surface area contributed by atoms with E-state index in [1.165, 1.54) is 14.0 Å². The number of primary amides is 1. The highest BCUT2D eigenvalue weighted by molar-refractivity contribution is 5.81. The second-order valence-corrected chi connectivity index (χ2v) is 4.65. The van der Waals surface area contributed by atoms with Crippen LogP contribution in [-0.4, -0.2) is 67.4 Å². The number of amides is 3. The van der Waals surface area contributed by atoms with Gasteiger partial charge in [0.2, 0.25) is 17.7 Å². The molecular weight excluding hydrogens is 250 g/mol. The van der Waals surface area contributed by atoms with Crippen LogP contribution in [0.4, 0.5) is 0 Å². The molecule has 0 aromatic heterocycles. The molecule has 0 aromatic rings. The number of methoxy groups -OCH3 is 1. The first kappa shape index (κ1) is 15.4. The molecule has 3 amide bonds. The fraction of sp³-hybridized carbons (Fsp3) is 0.750. The maximum atomic E-state index is 11.9. The highest BCUT2D eigenvalue weighted by Gasteiger charge is 2.29. The SMILES string of the molecule is COCCC(=O)N1CCN(C(C)=O)C[C@H](C(N)=O)C1. The van der Waals surface area contributed by atoms with E-state index < -0.39 is 11.8 Å². The summed E-state index contributed by atoms with van der Waals surface area (Å²) in [4.78, 5) is 37.9. The third-order valence-corrected chi connectivity index (χ3v) is 3.24. The smallest absolute Gasteiger partial charge is 0.224 e. The first-order valence-electron chi connectivity index (χ1n) is 6.27. The Bertz CT molecular complexity index is 359. The minimum atomic E-state index is -0.516. The van der Waals surface area contributed by atoms with Gasteiger partial charge in [-0.3, -0.25) is 14.4 Å². The molecule has 7 nitrogen and oxygen atoms in total. The minimum absolute atomic E-state index is 0.0847. The second kappa shape index (κ2) is 7.08. The van der Waals surface area contributed by atoms with Crippen LogP contribution in [0.3, 0.4) is 0 Å². The van der Waals surface area contributed by atoms with Gasteiger partial charge in [-0.05, 0) is 0 Å². The molecule has 19 heavy (non-hydrogen) atoms. The van der Waals surface area contributed by atoms with Gasteiger partial charge in [0.15, 0.2) is 0 Å². The maximum Gasteiger partial charge on any atom is 0.224 e. The summed E-state index contributed by atoms with van der Waals surface area (Å²) < 4.78 is 4.86. The summed E-state index contributed by atoms with van der Waals surface area (Å²) in [5.74, 6) is -1.20. The molecule has 0 radical (unpaired) electrons. The van der Waals surface area contributed by atoms with Crippen molar-refractivity contribution in [2.24, 2.45) is 11.7 Å². The number of ether oxygens (including phenoxy) is 1. The largest absolute Gasteiger partial charge is 0.384 e. The summed E-state index contributed by atoms with van der Waals surface area (Å²) in [6.45, 7) is 3.18. The van der Waals surface area contributed by atoms with Crippen LogP contribution in [0, 0.1) is 5.92 Å². The number of carbonyl (C=O) groups excluding carboxylic acids is 3. The van der Waals surface area contributed by atoms with Crippen LogP contribution in [0.1, 0.15) is 13.3 Å². The monoisotopic (exact) mass is 271 g/mol. The zero-order valence-corrected chi connectivity index (χ0v) is 11.4. The number of nitrogens with zero attached hydrogens (tertiary/aromatic N) is 2. The molecule has 0 aromatic carbocycles. The standard InChI is InChI=1S/C12H21N3O4/c1-9(16)14-4-5-15(11(17)3-6-19-2)8-10(7-14)12(13)18/h10H,3-8H2,1-2H3,(H2,13,18)/t10-/m0/s1. The highest BCUT2D eigenvalue weighted by Crippen LogP contribution is 2.11. The minimum Gasteiger partial charge on any atom is -0.384 e. The van der Waals surface area contributed by atoms with Crippen LogP contribution < -0.4 is 5.73 Å². The molecule has 1 fully saturated rings. The van der Waals surface area contributed by atoms with Gasteiger partial charge in [-0.1, -0.05) is 0 Å². The lowest BCUT2D eigenvalue weighted by Gasteiger charge is -2.22. The molecule has 0 aliphatic carbocycles. The molecular formula is C12H21N3O4. The van der Waals surface area contributed by atoms with Gasteiger partial charge in [0.1, 0.15) is 0 Å². The lowest BCUT2D eigenvalue weighted by Crippen LogP contribution is -2.41. The van der Waals surface area contributed by atoms with Crippen molar-refractivity contribution < 1.29 is 19.1 Å². The van der Waals surface area contributed by atoms with E-state index in [9.17, 15) is 14.4 Å². The summed E-state index contributed by atoms with van der Waals surface area (Å²) in [6.07, 6.45) is 0.266. The van der Waals surface area contributed by atoms with Gasteiger partial charge in [-0.25, -0.2) is 0 Å². The summed E-state index contributed by atoms with van der Waals surface area (Å²) in [5.41, 5.74) is 5.32. The van der Waals surface area contributed by atoms with Crippen molar-refractivity contribution in [1.82, 2.24) is 9.80 Å². The lowest BCUT2D eigenvalue weighted by molar-refractivity contribution is -0.133. The third kappa shape index (κ3) is 4.51.